The molecule has 160 valence electrons. The summed E-state index contributed by atoms with van der Waals surface area (Å²) in [6.07, 6.45) is 3.00. The van der Waals surface area contributed by atoms with Crippen LogP contribution in [-0.4, -0.2) is 68.7 Å². The van der Waals surface area contributed by atoms with E-state index in [2.05, 4.69) is 20.7 Å². The second-order valence-electron chi connectivity index (χ2n) is 6.36. The zero-order chi connectivity index (χ0) is 21.2. The van der Waals surface area contributed by atoms with Gasteiger partial charge in [0, 0.05) is 26.2 Å². The Kier molecular flexibility index (Phi) is 8.19. The lowest BCUT2D eigenvalue weighted by Gasteiger charge is -2.26. The summed E-state index contributed by atoms with van der Waals surface area (Å²) in [5, 5.41) is 7.68. The molecule has 2 N–H and O–H groups in total. The SMILES string of the molecule is COc1cc(/C=N/NC(=S)NCCN2CCOCC2)ccc1OC(=O)c1ccco1. The van der Waals surface area contributed by atoms with Gasteiger partial charge in [-0.3, -0.25) is 10.3 Å². The highest BCUT2D eigenvalue weighted by Gasteiger charge is 2.15. The average molecular weight is 433 g/mol. The standard InChI is InChI=1S/C20H24N4O5S/c1-26-18-13-15(4-5-16(18)29-19(25)17-3-2-10-28-17)14-22-23-20(30)21-6-7-24-8-11-27-12-9-24/h2-5,10,13-14H,6-9,11-12H2,1H3,(H2,21,23,30)/b22-14+. The molecule has 0 atom stereocenters. The molecule has 1 fully saturated rings. The number of morpholine rings is 1. The number of thiocarbonyl (C=S) groups is 1. The molecular weight excluding hydrogens is 408 g/mol. The molecule has 9 nitrogen and oxygen atoms in total. The van der Waals surface area contributed by atoms with Crippen LogP contribution in [0.15, 0.2) is 46.1 Å². The highest BCUT2D eigenvalue weighted by Crippen LogP contribution is 2.28. The van der Waals surface area contributed by atoms with Gasteiger partial charge in [-0.25, -0.2) is 4.79 Å². The summed E-state index contributed by atoms with van der Waals surface area (Å²) in [5.41, 5.74) is 3.52. The summed E-state index contributed by atoms with van der Waals surface area (Å²) in [6, 6.07) is 8.21. The van der Waals surface area contributed by atoms with Crippen molar-refractivity contribution in [3.8, 4) is 11.5 Å². The predicted molar refractivity (Wildman–Crippen MR) is 115 cm³/mol. The highest BCUT2D eigenvalue weighted by molar-refractivity contribution is 7.80. The lowest BCUT2D eigenvalue weighted by molar-refractivity contribution is 0.0389. The molecule has 0 bridgehead atoms. The normalized spacial score (nSPS) is 14.4. The van der Waals surface area contributed by atoms with Gasteiger partial charge >= 0.3 is 5.97 Å². The van der Waals surface area contributed by atoms with E-state index in [0.717, 1.165) is 45.0 Å². The van der Waals surface area contributed by atoms with Crippen LogP contribution in [0.2, 0.25) is 0 Å². The van der Waals surface area contributed by atoms with Gasteiger partial charge in [0.2, 0.25) is 5.76 Å². The minimum Gasteiger partial charge on any atom is -0.493 e. The Balaban J connectivity index is 1.46. The number of carbonyl (C=O) groups is 1. The maximum absolute atomic E-state index is 12.0. The second-order valence-corrected chi connectivity index (χ2v) is 6.77. The number of rotatable bonds is 8. The van der Waals surface area contributed by atoms with Gasteiger partial charge in [0.15, 0.2) is 16.6 Å². The van der Waals surface area contributed by atoms with Crippen molar-refractivity contribution in [2.45, 2.75) is 0 Å². The van der Waals surface area contributed by atoms with Crippen LogP contribution in [0.5, 0.6) is 11.5 Å². The molecule has 0 unspecified atom stereocenters. The van der Waals surface area contributed by atoms with E-state index in [-0.39, 0.29) is 11.5 Å². The van der Waals surface area contributed by atoms with Gasteiger partial charge in [0.05, 0.1) is 32.8 Å². The van der Waals surface area contributed by atoms with Gasteiger partial charge in [-0.15, -0.1) is 0 Å². The molecule has 2 aromatic rings. The molecule has 1 saturated heterocycles. The van der Waals surface area contributed by atoms with Crippen molar-refractivity contribution in [3.05, 3.63) is 47.9 Å². The second kappa shape index (κ2) is 11.3. The molecule has 30 heavy (non-hydrogen) atoms. The number of hydrazone groups is 1. The van der Waals surface area contributed by atoms with Crippen LogP contribution in [-0.2, 0) is 4.74 Å². The zero-order valence-corrected chi connectivity index (χ0v) is 17.4. The van der Waals surface area contributed by atoms with Gasteiger partial charge < -0.3 is 23.9 Å². The molecule has 0 saturated carbocycles. The third kappa shape index (κ3) is 6.55. The van der Waals surface area contributed by atoms with Crippen molar-refractivity contribution < 1.29 is 23.4 Å². The van der Waals surface area contributed by atoms with E-state index in [1.165, 1.54) is 19.4 Å². The lowest BCUT2D eigenvalue weighted by atomic mass is 10.2. The van der Waals surface area contributed by atoms with Gasteiger partial charge in [-0.05, 0) is 48.1 Å². The predicted octanol–water partition coefficient (Wildman–Crippen LogP) is 1.64. The van der Waals surface area contributed by atoms with Gasteiger partial charge in [-0.2, -0.15) is 5.10 Å². The average Bonchev–Trinajstić information content (AvgIpc) is 3.30. The molecule has 0 aliphatic carbocycles. The fourth-order valence-corrected chi connectivity index (χ4v) is 2.91. The first-order chi connectivity index (χ1) is 14.7. The van der Waals surface area contributed by atoms with Crippen LogP contribution < -0.4 is 20.2 Å². The minimum atomic E-state index is -0.602. The Labute approximate surface area is 180 Å². The topological polar surface area (TPSA) is 97.6 Å². The van der Waals surface area contributed by atoms with Crippen LogP contribution in [0, 0.1) is 0 Å². The molecule has 0 amide bonds. The fourth-order valence-electron chi connectivity index (χ4n) is 2.75. The first kappa shape index (κ1) is 21.8. The summed E-state index contributed by atoms with van der Waals surface area (Å²) >= 11 is 5.22. The third-order valence-corrected chi connectivity index (χ3v) is 4.55. The number of carbonyl (C=O) groups excluding carboxylic acids is 1. The Hall–Kier alpha value is -2.95. The molecule has 2 heterocycles. The van der Waals surface area contributed by atoms with Crippen molar-refractivity contribution in [1.82, 2.24) is 15.6 Å². The van der Waals surface area contributed by atoms with Crippen LogP contribution in [0.1, 0.15) is 16.1 Å². The summed E-state index contributed by atoms with van der Waals surface area (Å²) < 4.78 is 21.0. The van der Waals surface area contributed by atoms with Crippen LogP contribution in [0.4, 0.5) is 0 Å². The number of nitrogens with zero attached hydrogens (tertiary/aromatic N) is 2. The van der Waals surface area contributed by atoms with Crippen LogP contribution >= 0.6 is 12.2 Å². The summed E-state index contributed by atoms with van der Waals surface area (Å²) in [6.45, 7) is 5.05. The molecule has 1 aromatic carbocycles. The smallest absolute Gasteiger partial charge is 0.379 e. The summed E-state index contributed by atoms with van der Waals surface area (Å²) in [5.74, 6) is 0.186. The molecule has 0 radical (unpaired) electrons. The first-order valence-electron chi connectivity index (χ1n) is 9.46. The van der Waals surface area contributed by atoms with E-state index >= 15 is 0 Å². The summed E-state index contributed by atoms with van der Waals surface area (Å²) in [7, 11) is 1.49. The largest absolute Gasteiger partial charge is 0.493 e. The summed E-state index contributed by atoms with van der Waals surface area (Å²) in [4.78, 5) is 14.3. The van der Waals surface area contributed by atoms with Crippen molar-refractivity contribution in [2.75, 3.05) is 46.5 Å². The zero-order valence-electron chi connectivity index (χ0n) is 16.6. The van der Waals surface area contributed by atoms with E-state index in [0.29, 0.717) is 10.9 Å². The number of furan rings is 1. The fraction of sp³-hybridized carbons (Fsp3) is 0.350. The van der Waals surface area contributed by atoms with Gasteiger partial charge in [-0.1, -0.05) is 0 Å². The van der Waals surface area contributed by atoms with E-state index in [1.54, 1.807) is 30.5 Å². The highest BCUT2D eigenvalue weighted by atomic mass is 32.1. The number of ether oxygens (including phenoxy) is 3. The quantitative estimate of drug-likeness (QED) is 0.212. The van der Waals surface area contributed by atoms with Crippen LogP contribution in [0.25, 0.3) is 0 Å². The monoisotopic (exact) mass is 432 g/mol. The molecule has 3 rings (SSSR count). The van der Waals surface area contributed by atoms with Crippen molar-refractivity contribution >= 4 is 29.5 Å². The third-order valence-electron chi connectivity index (χ3n) is 4.31. The molecule has 1 aliphatic heterocycles. The van der Waals surface area contributed by atoms with E-state index in [4.69, 9.17) is 30.8 Å². The van der Waals surface area contributed by atoms with Crippen molar-refractivity contribution in [3.63, 3.8) is 0 Å². The minimum absolute atomic E-state index is 0.113. The maximum atomic E-state index is 12.0. The lowest BCUT2D eigenvalue weighted by Crippen LogP contribution is -2.42. The van der Waals surface area contributed by atoms with Crippen molar-refractivity contribution in [2.24, 2.45) is 5.10 Å². The molecule has 1 aromatic heterocycles. The number of nitrogens with one attached hydrogen (secondary N) is 2. The molecule has 1 aliphatic rings. The van der Waals surface area contributed by atoms with Gasteiger partial charge in [0.25, 0.3) is 0 Å². The van der Waals surface area contributed by atoms with Crippen LogP contribution in [0.3, 0.4) is 0 Å². The maximum Gasteiger partial charge on any atom is 0.379 e. The number of esters is 1. The Bertz CT molecular complexity index is 866. The van der Waals surface area contributed by atoms with E-state index in [9.17, 15) is 4.79 Å². The molecular formula is C20H24N4O5S. The number of methoxy groups -OCH3 is 1. The van der Waals surface area contributed by atoms with Gasteiger partial charge in [0.1, 0.15) is 0 Å². The molecule has 0 spiro atoms. The van der Waals surface area contributed by atoms with E-state index < -0.39 is 5.97 Å². The van der Waals surface area contributed by atoms with E-state index in [1.807, 2.05) is 0 Å². The molecule has 10 heteroatoms. The Morgan fingerprint density at radius 1 is 1.30 bits per heavy atom. The number of hydrogen-bond acceptors (Lipinski definition) is 8. The Morgan fingerprint density at radius 3 is 2.87 bits per heavy atom. The number of benzene rings is 1. The Morgan fingerprint density at radius 2 is 2.13 bits per heavy atom. The first-order valence-corrected chi connectivity index (χ1v) is 9.87. The number of hydrogen-bond donors (Lipinski definition) is 2. The van der Waals surface area contributed by atoms with Crippen molar-refractivity contribution in [1.29, 1.82) is 0 Å².